The third kappa shape index (κ3) is 2.56. The van der Waals surface area contributed by atoms with Gasteiger partial charge in [0.25, 0.3) is 5.91 Å². The number of halogens is 1. The van der Waals surface area contributed by atoms with Crippen molar-refractivity contribution in [3.05, 3.63) is 39.6 Å². The molecule has 0 saturated carbocycles. The number of aryl methyl sites for hydroxylation is 2. The minimum atomic E-state index is -0.244. The number of nitrogen functional groups attached to an aromatic ring is 1. The fraction of sp³-hybridized carbons (Fsp3) is 0.286. The number of amides is 1. The van der Waals surface area contributed by atoms with Crippen molar-refractivity contribution in [3.63, 3.8) is 0 Å². The van der Waals surface area contributed by atoms with E-state index in [0.29, 0.717) is 23.6 Å². The topological polar surface area (TPSA) is 72.9 Å². The van der Waals surface area contributed by atoms with Crippen LogP contribution in [0, 0.1) is 13.8 Å². The van der Waals surface area contributed by atoms with E-state index in [-0.39, 0.29) is 5.91 Å². The number of anilines is 2. The Morgan fingerprint density at radius 2 is 2.15 bits per heavy atom. The molecule has 2 aromatic rings. The monoisotopic (exact) mass is 336 g/mol. The number of aromatic nitrogens is 2. The molecule has 0 unspecified atom stereocenters. The van der Waals surface area contributed by atoms with Crippen molar-refractivity contribution in [2.24, 2.45) is 0 Å². The summed E-state index contributed by atoms with van der Waals surface area (Å²) in [6, 6.07) is 5.66. The van der Waals surface area contributed by atoms with Crippen LogP contribution < -0.4 is 11.1 Å². The molecule has 0 saturated heterocycles. The summed E-state index contributed by atoms with van der Waals surface area (Å²) in [7, 11) is 0. The molecule has 0 radical (unpaired) electrons. The number of nitrogens with two attached hydrogens (primary N) is 1. The van der Waals surface area contributed by atoms with E-state index in [1.54, 1.807) is 11.6 Å². The first-order valence-electron chi connectivity index (χ1n) is 6.35. The molecule has 1 heterocycles. The largest absolute Gasteiger partial charge is 0.395 e. The number of nitrogens with zero attached hydrogens (tertiary/aromatic N) is 2. The molecule has 1 aromatic heterocycles. The fourth-order valence-electron chi connectivity index (χ4n) is 1.99. The average Bonchev–Trinajstić information content (AvgIpc) is 2.70. The minimum Gasteiger partial charge on any atom is -0.395 e. The molecule has 0 aliphatic rings. The Morgan fingerprint density at radius 1 is 1.45 bits per heavy atom. The number of nitrogens with one attached hydrogen (secondary N) is 1. The normalized spacial score (nSPS) is 10.6. The molecule has 0 aliphatic carbocycles. The zero-order chi connectivity index (χ0) is 14.9. The van der Waals surface area contributed by atoms with Crippen LogP contribution in [0.15, 0.2) is 22.7 Å². The highest BCUT2D eigenvalue weighted by atomic mass is 79.9. The van der Waals surface area contributed by atoms with Gasteiger partial charge in [-0.05, 0) is 38.5 Å². The molecule has 3 N–H and O–H groups in total. The van der Waals surface area contributed by atoms with E-state index in [2.05, 4.69) is 26.3 Å². The van der Waals surface area contributed by atoms with Gasteiger partial charge in [-0.15, -0.1) is 0 Å². The van der Waals surface area contributed by atoms with E-state index in [4.69, 9.17) is 5.73 Å². The third-order valence-corrected chi connectivity index (χ3v) is 4.06. The fourth-order valence-corrected chi connectivity index (χ4v) is 2.35. The van der Waals surface area contributed by atoms with Gasteiger partial charge in [-0.1, -0.05) is 22.0 Å². The van der Waals surface area contributed by atoms with Crippen LogP contribution in [0.1, 0.15) is 28.7 Å². The van der Waals surface area contributed by atoms with Crippen LogP contribution in [0.2, 0.25) is 0 Å². The SMILES string of the molecule is CCn1nc(C)c(N)c1C(=O)Nc1cccc(Br)c1C. The van der Waals surface area contributed by atoms with Gasteiger partial charge in [0.05, 0.1) is 11.4 Å². The lowest BCUT2D eigenvalue weighted by Crippen LogP contribution is -2.19. The van der Waals surface area contributed by atoms with Gasteiger partial charge in [0.2, 0.25) is 0 Å². The predicted octanol–water partition coefficient (Wildman–Crippen LogP) is 3.12. The van der Waals surface area contributed by atoms with Crippen LogP contribution in [-0.4, -0.2) is 15.7 Å². The van der Waals surface area contributed by atoms with Crippen molar-refractivity contribution in [2.75, 3.05) is 11.1 Å². The van der Waals surface area contributed by atoms with Gasteiger partial charge in [0.15, 0.2) is 0 Å². The highest BCUT2D eigenvalue weighted by Gasteiger charge is 2.19. The molecular weight excluding hydrogens is 320 g/mol. The predicted molar refractivity (Wildman–Crippen MR) is 83.9 cm³/mol. The molecule has 5 nitrogen and oxygen atoms in total. The van der Waals surface area contributed by atoms with Crippen molar-refractivity contribution < 1.29 is 4.79 Å². The average molecular weight is 337 g/mol. The molecule has 1 amide bonds. The number of hydrogen-bond acceptors (Lipinski definition) is 3. The summed E-state index contributed by atoms with van der Waals surface area (Å²) in [6.45, 7) is 6.25. The van der Waals surface area contributed by atoms with Gasteiger partial charge in [0.1, 0.15) is 5.69 Å². The molecule has 0 aliphatic heterocycles. The number of carbonyl (C=O) groups excluding carboxylic acids is 1. The Labute approximate surface area is 126 Å². The maximum Gasteiger partial charge on any atom is 0.276 e. The van der Waals surface area contributed by atoms with E-state index in [0.717, 1.165) is 15.7 Å². The number of hydrogen-bond donors (Lipinski definition) is 2. The van der Waals surface area contributed by atoms with Crippen molar-refractivity contribution in [2.45, 2.75) is 27.3 Å². The van der Waals surface area contributed by atoms with Crippen molar-refractivity contribution in [1.82, 2.24) is 9.78 Å². The standard InChI is InChI=1S/C14H17BrN4O/c1-4-19-13(12(16)9(3)18-19)14(20)17-11-7-5-6-10(15)8(11)2/h5-7H,4,16H2,1-3H3,(H,17,20). The first kappa shape index (κ1) is 14.6. The van der Waals surface area contributed by atoms with Crippen LogP contribution in [0.5, 0.6) is 0 Å². The van der Waals surface area contributed by atoms with E-state index < -0.39 is 0 Å². The molecule has 6 heteroatoms. The second-order valence-corrected chi connectivity index (χ2v) is 5.38. The lowest BCUT2D eigenvalue weighted by atomic mass is 10.2. The van der Waals surface area contributed by atoms with Gasteiger partial charge in [-0.2, -0.15) is 5.10 Å². The number of carbonyl (C=O) groups is 1. The first-order chi connectivity index (χ1) is 9.45. The number of rotatable bonds is 3. The van der Waals surface area contributed by atoms with Gasteiger partial charge >= 0.3 is 0 Å². The molecular formula is C14H17BrN4O. The summed E-state index contributed by atoms with van der Waals surface area (Å²) in [5, 5.41) is 7.14. The zero-order valence-corrected chi connectivity index (χ0v) is 13.3. The van der Waals surface area contributed by atoms with Crippen LogP contribution >= 0.6 is 15.9 Å². The van der Waals surface area contributed by atoms with Crippen LogP contribution in [-0.2, 0) is 6.54 Å². The van der Waals surface area contributed by atoms with E-state index in [9.17, 15) is 4.79 Å². The van der Waals surface area contributed by atoms with Gasteiger partial charge in [-0.3, -0.25) is 9.48 Å². The van der Waals surface area contributed by atoms with Gasteiger partial charge in [0, 0.05) is 16.7 Å². The molecule has 0 fully saturated rings. The Kier molecular flexibility index (Phi) is 4.13. The highest BCUT2D eigenvalue weighted by Crippen LogP contribution is 2.25. The van der Waals surface area contributed by atoms with Crippen molar-refractivity contribution >= 4 is 33.2 Å². The van der Waals surface area contributed by atoms with E-state index in [1.165, 1.54) is 0 Å². The molecule has 2 rings (SSSR count). The molecule has 20 heavy (non-hydrogen) atoms. The Balaban J connectivity index is 2.36. The lowest BCUT2D eigenvalue weighted by Gasteiger charge is -2.11. The quantitative estimate of drug-likeness (QED) is 0.904. The van der Waals surface area contributed by atoms with Gasteiger partial charge in [-0.25, -0.2) is 0 Å². The van der Waals surface area contributed by atoms with Crippen molar-refractivity contribution in [3.8, 4) is 0 Å². The van der Waals surface area contributed by atoms with Crippen molar-refractivity contribution in [1.29, 1.82) is 0 Å². The van der Waals surface area contributed by atoms with E-state index >= 15 is 0 Å². The summed E-state index contributed by atoms with van der Waals surface area (Å²) < 4.78 is 2.57. The maximum atomic E-state index is 12.4. The molecule has 0 bridgehead atoms. The molecule has 0 atom stereocenters. The maximum absolute atomic E-state index is 12.4. The first-order valence-corrected chi connectivity index (χ1v) is 7.14. The zero-order valence-electron chi connectivity index (χ0n) is 11.7. The second kappa shape index (κ2) is 5.66. The van der Waals surface area contributed by atoms with Gasteiger partial charge < -0.3 is 11.1 Å². The molecule has 0 spiro atoms. The third-order valence-electron chi connectivity index (χ3n) is 3.20. The summed E-state index contributed by atoms with van der Waals surface area (Å²) in [5.74, 6) is -0.244. The van der Waals surface area contributed by atoms with E-state index in [1.807, 2.05) is 32.0 Å². The smallest absolute Gasteiger partial charge is 0.276 e. The highest BCUT2D eigenvalue weighted by molar-refractivity contribution is 9.10. The Morgan fingerprint density at radius 3 is 2.80 bits per heavy atom. The number of benzene rings is 1. The second-order valence-electron chi connectivity index (χ2n) is 4.53. The van der Waals surface area contributed by atoms with Crippen LogP contribution in [0.3, 0.4) is 0 Å². The van der Waals surface area contributed by atoms with Crippen LogP contribution in [0.4, 0.5) is 11.4 Å². The minimum absolute atomic E-state index is 0.244. The summed E-state index contributed by atoms with van der Waals surface area (Å²) in [4.78, 5) is 12.4. The lowest BCUT2D eigenvalue weighted by molar-refractivity contribution is 0.101. The Hall–Kier alpha value is -1.82. The summed E-state index contributed by atoms with van der Waals surface area (Å²) in [6.07, 6.45) is 0. The summed E-state index contributed by atoms with van der Waals surface area (Å²) >= 11 is 3.45. The molecule has 1 aromatic carbocycles. The summed E-state index contributed by atoms with van der Waals surface area (Å²) in [5.41, 5.74) is 9.18. The molecule has 106 valence electrons. The van der Waals surface area contributed by atoms with Crippen LogP contribution in [0.25, 0.3) is 0 Å². The Bertz CT molecular complexity index is 663.